The maximum absolute atomic E-state index is 13.6. The van der Waals surface area contributed by atoms with Crippen molar-refractivity contribution in [2.45, 2.75) is 187 Å². The third-order valence-electron chi connectivity index (χ3n) is 15.8. The quantitative estimate of drug-likeness (QED) is 0.0151. The molecule has 94 heavy (non-hydrogen) atoms. The molecule has 6 rings (SSSR count). The molecule has 4 amide bonds. The zero-order chi connectivity index (χ0) is 69.2. The molecule has 32 heteroatoms. The molecule has 0 saturated carbocycles. The lowest BCUT2D eigenvalue weighted by Gasteiger charge is -2.48. The minimum atomic E-state index is -3.03. The number of benzene rings is 4. The number of carbonyl (C=O) groups is 4. The number of hydrogen-bond donors (Lipinski definition) is 20. The fourth-order valence-corrected chi connectivity index (χ4v) is 9.83. The van der Waals surface area contributed by atoms with Crippen LogP contribution in [0.2, 0.25) is 0 Å². The van der Waals surface area contributed by atoms with Gasteiger partial charge in [-0.25, -0.2) is 19.8 Å². The first kappa shape index (κ1) is 76.5. The van der Waals surface area contributed by atoms with Crippen molar-refractivity contribution in [2.24, 2.45) is 0 Å². The number of nitrogens with zero attached hydrogens (tertiary/aromatic N) is 2. The Morgan fingerprint density at radius 2 is 0.809 bits per heavy atom. The highest BCUT2D eigenvalue weighted by Gasteiger charge is 2.59. The van der Waals surface area contributed by atoms with Crippen LogP contribution < -0.4 is 20.1 Å². The van der Waals surface area contributed by atoms with E-state index in [1.807, 2.05) is 0 Å². The highest BCUT2D eigenvalue weighted by atomic mass is 16.8. The molecule has 4 aromatic carbocycles. The largest absolute Gasteiger partial charge is 0.491 e. The van der Waals surface area contributed by atoms with E-state index in [4.69, 9.17) is 28.6 Å². The van der Waals surface area contributed by atoms with Crippen molar-refractivity contribution < 1.29 is 140 Å². The SMILES string of the molecule is CC[C@@H](O)[C@H](O)[C@H](O)C(=O)N(Cc1ccccc1)O[C@H]1O[C@H](CO)[C@@H](O)[C@H](O)[C@@]1(O)NC(=O)CCc1ccc(OC[C@@H](O)[C@H](O)[C@H](O)[C@@H](O)COc2ccc(CCC(=O)N[C@@]3(O)[C@@H](ON(Cc4ccccc4)C(=O)[C@@H](O)[C@@H](O)[C@H](O)CC)O[C@H](CO)[C@@H](O)[C@@H]3O)cc2)cc1. The zero-order valence-electron chi connectivity index (χ0n) is 51.3. The first-order valence-corrected chi connectivity index (χ1v) is 30.2. The van der Waals surface area contributed by atoms with Crippen molar-refractivity contribution in [1.29, 1.82) is 0 Å². The van der Waals surface area contributed by atoms with Gasteiger partial charge in [-0.05, 0) is 72.2 Å². The van der Waals surface area contributed by atoms with Crippen LogP contribution in [0, 0.1) is 0 Å². The summed E-state index contributed by atoms with van der Waals surface area (Å²) in [7, 11) is 0. The normalized spacial score (nSPS) is 26.2. The number of hydrogen-bond acceptors (Lipinski definition) is 28. The van der Waals surface area contributed by atoms with Crippen LogP contribution in [-0.2, 0) is 64.3 Å². The van der Waals surface area contributed by atoms with E-state index in [1.54, 1.807) is 60.7 Å². The molecule has 20 N–H and O–H groups in total. The van der Waals surface area contributed by atoms with Crippen molar-refractivity contribution in [3.63, 3.8) is 0 Å². The van der Waals surface area contributed by atoms with Crippen LogP contribution in [0.1, 0.15) is 61.8 Å². The highest BCUT2D eigenvalue weighted by Crippen LogP contribution is 2.33. The Bertz CT molecular complexity index is 2770. The van der Waals surface area contributed by atoms with Crippen molar-refractivity contribution in [3.8, 4) is 11.5 Å². The topological polar surface area (TPSA) is 518 Å². The van der Waals surface area contributed by atoms with Crippen LogP contribution in [0.5, 0.6) is 11.5 Å². The summed E-state index contributed by atoms with van der Waals surface area (Å²) in [5.41, 5.74) is -4.29. The molecule has 32 nitrogen and oxygen atoms in total. The fourth-order valence-electron chi connectivity index (χ4n) is 9.83. The third-order valence-corrected chi connectivity index (χ3v) is 15.8. The molecule has 2 aliphatic heterocycles. The molecule has 0 unspecified atom stereocenters. The predicted molar refractivity (Wildman–Crippen MR) is 319 cm³/mol. The lowest BCUT2D eigenvalue weighted by molar-refractivity contribution is -0.392. The number of aliphatic hydroxyl groups is 18. The molecule has 0 radical (unpaired) electrons. The van der Waals surface area contributed by atoms with Crippen molar-refractivity contribution in [1.82, 2.24) is 20.8 Å². The smallest absolute Gasteiger partial charge is 0.278 e. The summed E-state index contributed by atoms with van der Waals surface area (Å²) < 4.78 is 22.3. The number of ether oxygens (including phenoxy) is 4. The van der Waals surface area contributed by atoms with E-state index in [9.17, 15) is 111 Å². The summed E-state index contributed by atoms with van der Waals surface area (Å²) in [6.07, 6.45) is -36.6. The molecular formula is C62H86N4O28. The molecule has 4 aromatic rings. The summed E-state index contributed by atoms with van der Waals surface area (Å²) in [6.45, 7) is -1.07. The Hall–Kier alpha value is -6.52. The summed E-state index contributed by atoms with van der Waals surface area (Å²) in [5, 5.41) is 198. The first-order chi connectivity index (χ1) is 44.6. The van der Waals surface area contributed by atoms with Gasteiger partial charge in [-0.1, -0.05) is 98.8 Å². The molecule has 2 heterocycles. The summed E-state index contributed by atoms with van der Waals surface area (Å²) in [5.74, 6) is -4.29. The number of rotatable bonds is 35. The Morgan fingerprint density at radius 1 is 0.479 bits per heavy atom. The van der Waals surface area contributed by atoms with E-state index in [0.717, 1.165) is 0 Å². The van der Waals surface area contributed by atoms with Crippen molar-refractivity contribution >= 4 is 23.6 Å². The van der Waals surface area contributed by atoms with Gasteiger partial charge in [0.25, 0.3) is 11.8 Å². The minimum Gasteiger partial charge on any atom is -0.491 e. The number of aliphatic hydroxyl groups excluding tert-OH is 16. The predicted octanol–water partition coefficient (Wildman–Crippen LogP) is -6.15. The molecular weight excluding hydrogens is 1250 g/mol. The van der Waals surface area contributed by atoms with Gasteiger partial charge in [0, 0.05) is 12.8 Å². The molecule has 0 aromatic heterocycles. The fraction of sp³-hybridized carbons (Fsp3) is 0.548. The maximum Gasteiger partial charge on any atom is 0.278 e. The second-order valence-electron chi connectivity index (χ2n) is 22.8. The van der Waals surface area contributed by atoms with Crippen LogP contribution in [0.3, 0.4) is 0 Å². The van der Waals surface area contributed by atoms with E-state index in [0.29, 0.717) is 32.4 Å². The number of nitrogens with one attached hydrogen (secondary N) is 2. The lowest BCUT2D eigenvalue weighted by atomic mass is 9.93. The zero-order valence-corrected chi connectivity index (χ0v) is 51.3. The van der Waals surface area contributed by atoms with Crippen LogP contribution in [0.15, 0.2) is 109 Å². The molecule has 2 aliphatic rings. The summed E-state index contributed by atoms with van der Waals surface area (Å²) in [6, 6.07) is 27.7. The summed E-state index contributed by atoms with van der Waals surface area (Å²) >= 11 is 0. The van der Waals surface area contributed by atoms with Gasteiger partial charge in [-0.15, -0.1) is 0 Å². The highest BCUT2D eigenvalue weighted by molar-refractivity contribution is 5.81. The van der Waals surface area contributed by atoms with Gasteiger partial charge in [0.05, 0.1) is 38.5 Å². The standard InChI is InChI=1S/C62H86N4O28/c1-3-39(69)47(75)53(81)57(85)65(27-35-11-7-5-8-12-35)93-59-61(87,55(83)51(79)43(29-67)91-59)63-45(73)25-19-33-15-21-37(22-16-33)89-31-41(71)49(77)50(78)42(72)32-90-38-23-17-34(18-24-38)20-26-46(74)64-62(88)56(84)52(80)44(30-68)92-60(62)94-66(28-36-13-9-6-10-14-36)58(86)54(82)48(76)40(70)4-2/h5-18,21-24,39-44,47-56,59-60,67-72,75-84,87-88H,3-4,19-20,25-32H2,1-2H3,(H,63,73)(H,64,74)/t39-,40-,41-,42+,43-,44-,47+,48+,49+,50-,51-,52-,53+,54+,55+,56+,59-,60-,61+,62+/m1/s1. The average molecular weight is 1340 g/mol. The van der Waals surface area contributed by atoms with E-state index in [-0.39, 0.29) is 37.2 Å². The van der Waals surface area contributed by atoms with Gasteiger partial charge in [-0.3, -0.25) is 19.2 Å². The lowest BCUT2D eigenvalue weighted by Crippen LogP contribution is -2.74. The number of aryl methyl sites for hydroxylation is 2. The average Bonchev–Trinajstić information content (AvgIpc) is 0.769. The minimum absolute atomic E-state index is 0.0297. The van der Waals surface area contributed by atoms with Gasteiger partial charge >= 0.3 is 0 Å². The molecule has 522 valence electrons. The molecule has 0 aliphatic carbocycles. The maximum atomic E-state index is 13.6. The van der Waals surface area contributed by atoms with Crippen LogP contribution in [-0.4, -0.2) is 274 Å². The third kappa shape index (κ3) is 19.8. The Morgan fingerprint density at radius 3 is 1.12 bits per heavy atom. The molecule has 2 fully saturated rings. The Kier molecular flexibility index (Phi) is 28.9. The Labute approximate surface area is 539 Å². The second-order valence-corrected chi connectivity index (χ2v) is 22.8. The van der Waals surface area contributed by atoms with Gasteiger partial charge in [0.15, 0.2) is 12.2 Å². The Balaban J connectivity index is 0.975. The molecule has 0 spiro atoms. The number of hydroxylamine groups is 4. The van der Waals surface area contributed by atoms with E-state index < -0.39 is 198 Å². The summed E-state index contributed by atoms with van der Waals surface area (Å²) in [4.78, 5) is 65.4. The van der Waals surface area contributed by atoms with Gasteiger partial charge in [-0.2, -0.15) is 0 Å². The number of amides is 4. The second kappa shape index (κ2) is 35.5. The van der Waals surface area contributed by atoms with Crippen molar-refractivity contribution in [2.75, 3.05) is 26.4 Å². The monoisotopic (exact) mass is 1330 g/mol. The molecule has 0 bridgehead atoms. The van der Waals surface area contributed by atoms with Crippen molar-refractivity contribution in [3.05, 3.63) is 131 Å². The van der Waals surface area contributed by atoms with E-state index in [2.05, 4.69) is 10.6 Å². The first-order valence-electron chi connectivity index (χ1n) is 30.2. The van der Waals surface area contributed by atoms with Gasteiger partial charge < -0.3 is 121 Å². The molecule has 20 atom stereocenters. The van der Waals surface area contributed by atoms with Gasteiger partial charge in [0.2, 0.25) is 35.8 Å². The van der Waals surface area contributed by atoms with E-state index >= 15 is 0 Å². The van der Waals surface area contributed by atoms with Crippen LogP contribution in [0.4, 0.5) is 0 Å². The molecule has 2 saturated heterocycles. The van der Waals surface area contributed by atoms with Crippen LogP contribution in [0.25, 0.3) is 0 Å². The van der Waals surface area contributed by atoms with Gasteiger partial charge in [0.1, 0.15) is 98.0 Å². The number of carbonyl (C=O) groups excluding carboxylic acids is 4. The van der Waals surface area contributed by atoms with Crippen LogP contribution >= 0.6 is 0 Å². The van der Waals surface area contributed by atoms with E-state index in [1.165, 1.54) is 62.4 Å².